The number of carbonyl (C=O) groups is 2. The van der Waals surface area contributed by atoms with Crippen LogP contribution < -0.4 is 5.32 Å². The third kappa shape index (κ3) is 2.38. The number of aromatic nitrogens is 3. The normalized spacial score (nSPS) is 24.9. The second-order valence-electron chi connectivity index (χ2n) is 8.39. The Bertz CT molecular complexity index is 1150. The minimum atomic E-state index is -0.828. The number of rotatable bonds is 3. The first-order valence-electron chi connectivity index (χ1n) is 10.4. The van der Waals surface area contributed by atoms with Gasteiger partial charge < -0.3 is 10.2 Å². The number of H-pyrrole nitrogens is 1. The Balaban J connectivity index is 1.46. The van der Waals surface area contributed by atoms with E-state index in [0.29, 0.717) is 24.6 Å². The summed E-state index contributed by atoms with van der Waals surface area (Å²) in [5, 5.41) is 10.4. The van der Waals surface area contributed by atoms with E-state index in [-0.39, 0.29) is 11.8 Å². The number of likely N-dealkylation sites (tertiary alicyclic amines) is 1. The van der Waals surface area contributed by atoms with Crippen molar-refractivity contribution in [2.75, 3.05) is 11.9 Å². The number of hydrogen-bond donors (Lipinski definition) is 2. The Labute approximate surface area is 173 Å². The van der Waals surface area contributed by atoms with Gasteiger partial charge in [-0.1, -0.05) is 24.3 Å². The van der Waals surface area contributed by atoms with Gasteiger partial charge in [0.1, 0.15) is 11.1 Å². The molecule has 0 bridgehead atoms. The summed E-state index contributed by atoms with van der Waals surface area (Å²) >= 11 is 0. The minimum Gasteiger partial charge on any atom is -0.329 e. The Kier molecular flexibility index (Phi) is 3.63. The zero-order valence-electron chi connectivity index (χ0n) is 16.3. The van der Waals surface area contributed by atoms with E-state index in [1.807, 2.05) is 42.5 Å². The summed E-state index contributed by atoms with van der Waals surface area (Å²) in [4.78, 5) is 33.0. The molecule has 3 aromatic rings. The van der Waals surface area contributed by atoms with E-state index in [2.05, 4.69) is 20.5 Å². The highest BCUT2D eigenvalue weighted by molar-refractivity contribution is 6.08. The van der Waals surface area contributed by atoms with Gasteiger partial charge in [0.15, 0.2) is 0 Å². The molecule has 1 spiro atoms. The highest BCUT2D eigenvalue weighted by atomic mass is 16.2. The number of nitrogens with one attached hydrogen (secondary N) is 2. The summed E-state index contributed by atoms with van der Waals surface area (Å²) in [6.45, 7) is 0.478. The Morgan fingerprint density at radius 3 is 2.83 bits per heavy atom. The Morgan fingerprint density at radius 2 is 2.03 bits per heavy atom. The number of para-hydroxylation sites is 1. The lowest BCUT2D eigenvalue weighted by Gasteiger charge is -2.33. The van der Waals surface area contributed by atoms with Crippen molar-refractivity contribution in [3.05, 3.63) is 77.4 Å². The largest absolute Gasteiger partial charge is 0.329 e. The van der Waals surface area contributed by atoms with E-state index in [1.165, 1.54) is 0 Å². The van der Waals surface area contributed by atoms with Gasteiger partial charge in [0.05, 0.1) is 6.04 Å². The first kappa shape index (κ1) is 17.4. The number of aromatic amines is 1. The highest BCUT2D eigenvalue weighted by Crippen LogP contribution is 2.54. The number of benzene rings is 1. The summed E-state index contributed by atoms with van der Waals surface area (Å²) in [7, 11) is 0. The van der Waals surface area contributed by atoms with Crippen LogP contribution in [0.5, 0.6) is 0 Å². The van der Waals surface area contributed by atoms with Crippen molar-refractivity contribution in [3.63, 3.8) is 0 Å². The number of amides is 2. The van der Waals surface area contributed by atoms with E-state index in [1.54, 1.807) is 17.3 Å². The van der Waals surface area contributed by atoms with Gasteiger partial charge in [-0.25, -0.2) is 0 Å². The van der Waals surface area contributed by atoms with Gasteiger partial charge >= 0.3 is 0 Å². The molecule has 2 aromatic heterocycles. The highest BCUT2D eigenvalue weighted by Gasteiger charge is 2.59. The zero-order valence-corrected chi connectivity index (χ0v) is 16.3. The van der Waals surface area contributed by atoms with Gasteiger partial charge in [0.2, 0.25) is 5.91 Å². The molecular weight excluding hydrogens is 378 g/mol. The molecule has 30 heavy (non-hydrogen) atoms. The minimum absolute atomic E-state index is 0.0615. The molecule has 7 nitrogen and oxygen atoms in total. The van der Waals surface area contributed by atoms with Gasteiger partial charge in [-0.2, -0.15) is 5.10 Å². The Morgan fingerprint density at radius 1 is 1.17 bits per heavy atom. The van der Waals surface area contributed by atoms with Crippen LogP contribution in [0.4, 0.5) is 5.69 Å². The number of hydrogen-bond acceptors (Lipinski definition) is 4. The molecule has 2 atom stereocenters. The standard InChI is InChI=1S/C23H21N5O2/c29-21(19-12-18(26-27-19)14-7-8-14)28-11-9-23(20(28)15-4-3-10-24-13-15)16-5-1-2-6-17(16)25-22(23)30/h1-6,10,12-14,20H,7-9,11H2,(H,25,30)(H,26,27). The number of anilines is 1. The van der Waals surface area contributed by atoms with E-state index < -0.39 is 11.5 Å². The van der Waals surface area contributed by atoms with Crippen molar-refractivity contribution in [2.24, 2.45) is 0 Å². The van der Waals surface area contributed by atoms with Crippen LogP contribution in [0, 0.1) is 0 Å². The molecule has 2 fully saturated rings. The van der Waals surface area contributed by atoms with Crippen LogP contribution in [0.15, 0.2) is 54.9 Å². The molecule has 6 rings (SSSR count). The summed E-state index contributed by atoms with van der Waals surface area (Å²) in [5.74, 6) is 0.278. The first-order valence-corrected chi connectivity index (χ1v) is 10.4. The SMILES string of the molecule is O=C(c1cc(C2CC2)[nH]n1)N1CCC2(C(=O)Nc3ccccc32)C1c1cccnc1. The quantitative estimate of drug-likeness (QED) is 0.708. The lowest BCUT2D eigenvalue weighted by atomic mass is 9.73. The number of nitrogens with zero attached hydrogens (tertiary/aromatic N) is 3. The third-order valence-electron chi connectivity index (χ3n) is 6.68. The van der Waals surface area contributed by atoms with E-state index in [4.69, 9.17) is 0 Å². The van der Waals surface area contributed by atoms with Crippen molar-refractivity contribution in [1.82, 2.24) is 20.1 Å². The van der Waals surface area contributed by atoms with Crippen molar-refractivity contribution < 1.29 is 9.59 Å². The maximum absolute atomic E-state index is 13.5. The van der Waals surface area contributed by atoms with Crippen molar-refractivity contribution in [1.29, 1.82) is 0 Å². The van der Waals surface area contributed by atoms with E-state index in [9.17, 15) is 9.59 Å². The van der Waals surface area contributed by atoms with Crippen molar-refractivity contribution in [3.8, 4) is 0 Å². The molecule has 0 radical (unpaired) electrons. The summed E-state index contributed by atoms with van der Waals surface area (Å²) < 4.78 is 0. The molecule has 1 saturated carbocycles. The van der Waals surface area contributed by atoms with Gasteiger partial charge in [-0.15, -0.1) is 0 Å². The number of pyridine rings is 1. The second-order valence-corrected chi connectivity index (χ2v) is 8.39. The molecule has 2 unspecified atom stereocenters. The molecule has 1 saturated heterocycles. The molecule has 2 N–H and O–H groups in total. The van der Waals surface area contributed by atoms with E-state index >= 15 is 0 Å². The fraction of sp³-hybridized carbons (Fsp3) is 0.304. The number of carbonyl (C=O) groups excluding carboxylic acids is 2. The van der Waals surface area contributed by atoms with Gasteiger partial charge in [0.25, 0.3) is 5.91 Å². The molecule has 7 heteroatoms. The average Bonchev–Trinajstić information content (AvgIpc) is 3.26. The van der Waals surface area contributed by atoms with Crippen LogP contribution >= 0.6 is 0 Å². The molecule has 1 aromatic carbocycles. The molecule has 2 amide bonds. The van der Waals surface area contributed by atoms with Crippen LogP contribution in [0.2, 0.25) is 0 Å². The second kappa shape index (κ2) is 6.26. The zero-order chi connectivity index (χ0) is 20.3. The molecule has 1 aliphatic carbocycles. The van der Waals surface area contributed by atoms with Crippen LogP contribution in [-0.2, 0) is 10.2 Å². The molecule has 3 aliphatic rings. The smallest absolute Gasteiger partial charge is 0.274 e. The van der Waals surface area contributed by atoms with Crippen LogP contribution in [0.1, 0.15) is 58.5 Å². The average molecular weight is 399 g/mol. The van der Waals surface area contributed by atoms with E-state index in [0.717, 1.165) is 35.3 Å². The molecule has 2 aliphatic heterocycles. The van der Waals surface area contributed by atoms with Gasteiger partial charge in [0, 0.05) is 36.2 Å². The lowest BCUT2D eigenvalue weighted by molar-refractivity contribution is -0.121. The van der Waals surface area contributed by atoms with Crippen LogP contribution in [0.25, 0.3) is 0 Å². The fourth-order valence-electron chi connectivity index (χ4n) is 5.10. The maximum atomic E-state index is 13.5. The topological polar surface area (TPSA) is 91.0 Å². The summed E-state index contributed by atoms with van der Waals surface area (Å²) in [6.07, 6.45) is 6.29. The third-order valence-corrected chi connectivity index (χ3v) is 6.68. The maximum Gasteiger partial charge on any atom is 0.274 e. The van der Waals surface area contributed by atoms with Gasteiger partial charge in [-0.3, -0.25) is 19.7 Å². The number of fused-ring (bicyclic) bond motifs is 2. The first-order chi connectivity index (χ1) is 14.7. The fourth-order valence-corrected chi connectivity index (χ4v) is 5.10. The monoisotopic (exact) mass is 399 g/mol. The predicted octanol–water partition coefficient (Wildman–Crippen LogP) is 3.16. The predicted molar refractivity (Wildman–Crippen MR) is 110 cm³/mol. The van der Waals surface area contributed by atoms with Crippen molar-refractivity contribution >= 4 is 17.5 Å². The Hall–Kier alpha value is -3.48. The molecular formula is C23H21N5O2. The van der Waals surface area contributed by atoms with Crippen LogP contribution in [-0.4, -0.2) is 38.4 Å². The van der Waals surface area contributed by atoms with Crippen LogP contribution in [0.3, 0.4) is 0 Å². The molecule has 150 valence electrons. The van der Waals surface area contributed by atoms with Crippen molar-refractivity contribution in [2.45, 2.75) is 36.6 Å². The summed E-state index contributed by atoms with van der Waals surface area (Å²) in [6, 6.07) is 13.0. The molecule has 4 heterocycles. The lowest BCUT2D eigenvalue weighted by Crippen LogP contribution is -2.42. The summed E-state index contributed by atoms with van der Waals surface area (Å²) in [5.41, 5.74) is 3.23. The van der Waals surface area contributed by atoms with Gasteiger partial charge in [-0.05, 0) is 48.6 Å².